The highest BCUT2D eigenvalue weighted by Gasteiger charge is 2.45. The Balaban J connectivity index is 2.63. The third-order valence-corrected chi connectivity index (χ3v) is 2.53. The van der Waals surface area contributed by atoms with E-state index in [2.05, 4.69) is 0 Å². The quantitative estimate of drug-likeness (QED) is 0.687. The molecule has 0 aromatic carbocycles. The lowest BCUT2D eigenvalue weighted by Gasteiger charge is -2.27. The van der Waals surface area contributed by atoms with Crippen LogP contribution in [0, 0.1) is 0 Å². The van der Waals surface area contributed by atoms with E-state index in [-0.39, 0.29) is 11.9 Å². The summed E-state index contributed by atoms with van der Waals surface area (Å²) in [4.78, 5) is 11.3. The van der Waals surface area contributed by atoms with Gasteiger partial charge in [0.1, 0.15) is 5.60 Å². The topological polar surface area (TPSA) is 46.5 Å². The van der Waals surface area contributed by atoms with Gasteiger partial charge in [-0.05, 0) is 26.7 Å². The van der Waals surface area contributed by atoms with Gasteiger partial charge in [0.2, 0.25) is 0 Å². The number of hydrogen-bond acceptors (Lipinski definition) is 3. The maximum absolute atomic E-state index is 11.3. The Morgan fingerprint density at radius 1 is 1.75 bits per heavy atom. The van der Waals surface area contributed by atoms with Crippen molar-refractivity contribution in [3.8, 4) is 0 Å². The molecule has 70 valence electrons. The molecule has 3 nitrogen and oxygen atoms in total. The fourth-order valence-electron chi connectivity index (χ4n) is 1.69. The van der Waals surface area contributed by atoms with Gasteiger partial charge in [0.25, 0.3) is 0 Å². The molecule has 1 saturated carbocycles. The van der Waals surface area contributed by atoms with E-state index in [0.717, 1.165) is 6.42 Å². The van der Waals surface area contributed by atoms with Crippen molar-refractivity contribution >= 4 is 5.78 Å². The second-order valence-electron chi connectivity index (χ2n) is 3.30. The van der Waals surface area contributed by atoms with Crippen LogP contribution in [-0.4, -0.2) is 29.2 Å². The predicted octanol–water partition coefficient (Wildman–Crippen LogP) is 0.895. The Kier molecular flexibility index (Phi) is 2.85. The molecule has 1 N–H and O–H groups in total. The maximum Gasteiger partial charge on any atom is 0.167 e. The van der Waals surface area contributed by atoms with E-state index in [4.69, 9.17) is 4.74 Å². The molecule has 0 aliphatic heterocycles. The zero-order valence-corrected chi connectivity index (χ0v) is 7.67. The second-order valence-corrected chi connectivity index (χ2v) is 3.30. The molecule has 0 radical (unpaired) electrons. The zero-order valence-electron chi connectivity index (χ0n) is 7.67. The van der Waals surface area contributed by atoms with Gasteiger partial charge in [-0.25, -0.2) is 0 Å². The van der Waals surface area contributed by atoms with Gasteiger partial charge < -0.3 is 9.84 Å². The first kappa shape index (κ1) is 9.68. The van der Waals surface area contributed by atoms with Gasteiger partial charge in [0.15, 0.2) is 5.78 Å². The van der Waals surface area contributed by atoms with E-state index < -0.39 is 5.60 Å². The number of carbonyl (C=O) groups is 1. The minimum absolute atomic E-state index is 0.0662. The van der Waals surface area contributed by atoms with Crippen molar-refractivity contribution in [1.29, 1.82) is 0 Å². The number of ether oxygens (including phenoxy) is 1. The number of ketones is 1. The summed E-state index contributed by atoms with van der Waals surface area (Å²) >= 11 is 0. The molecule has 0 aromatic heterocycles. The largest absolute Gasteiger partial charge is 0.379 e. The lowest BCUT2D eigenvalue weighted by atomic mass is 9.95. The van der Waals surface area contributed by atoms with Crippen LogP contribution < -0.4 is 0 Å². The molecular weight excluding hydrogens is 156 g/mol. The summed E-state index contributed by atoms with van der Waals surface area (Å²) in [6.07, 6.45) is 1.46. The molecular formula is C9H16O3. The molecule has 0 spiro atoms. The molecule has 0 amide bonds. The van der Waals surface area contributed by atoms with Crippen LogP contribution in [-0.2, 0) is 9.53 Å². The molecule has 2 atom stereocenters. The summed E-state index contributed by atoms with van der Waals surface area (Å²) in [5, 5.41) is 9.88. The van der Waals surface area contributed by atoms with Gasteiger partial charge in [0.05, 0.1) is 6.10 Å². The van der Waals surface area contributed by atoms with Crippen LogP contribution in [0.2, 0.25) is 0 Å². The van der Waals surface area contributed by atoms with Gasteiger partial charge in [-0.15, -0.1) is 0 Å². The van der Waals surface area contributed by atoms with Crippen LogP contribution in [0.1, 0.15) is 33.1 Å². The van der Waals surface area contributed by atoms with Crippen molar-refractivity contribution in [2.24, 2.45) is 0 Å². The highest BCUT2D eigenvalue weighted by molar-refractivity contribution is 5.89. The van der Waals surface area contributed by atoms with Crippen LogP contribution in [0.4, 0.5) is 0 Å². The first-order chi connectivity index (χ1) is 5.61. The van der Waals surface area contributed by atoms with Crippen LogP contribution in [0.5, 0.6) is 0 Å². The minimum Gasteiger partial charge on any atom is -0.379 e. The lowest BCUT2D eigenvalue weighted by molar-refractivity contribution is -0.149. The summed E-state index contributed by atoms with van der Waals surface area (Å²) in [5.74, 6) is -0.0662. The molecule has 1 aliphatic rings. The zero-order chi connectivity index (χ0) is 9.19. The summed E-state index contributed by atoms with van der Waals surface area (Å²) in [7, 11) is 0. The number of aliphatic hydroxyl groups is 1. The van der Waals surface area contributed by atoms with Gasteiger partial charge in [-0.1, -0.05) is 0 Å². The lowest BCUT2D eigenvalue weighted by Crippen LogP contribution is -2.45. The first-order valence-corrected chi connectivity index (χ1v) is 4.48. The highest BCUT2D eigenvalue weighted by Crippen LogP contribution is 2.30. The molecule has 3 heteroatoms. The molecule has 0 heterocycles. The molecule has 0 aromatic rings. The smallest absolute Gasteiger partial charge is 0.167 e. The molecule has 1 fully saturated rings. The minimum atomic E-state index is -1.20. The maximum atomic E-state index is 11.3. The summed E-state index contributed by atoms with van der Waals surface area (Å²) < 4.78 is 5.23. The van der Waals surface area contributed by atoms with E-state index >= 15 is 0 Å². The molecule has 0 bridgehead atoms. The van der Waals surface area contributed by atoms with Crippen molar-refractivity contribution in [3.05, 3.63) is 0 Å². The Labute approximate surface area is 72.7 Å². The van der Waals surface area contributed by atoms with Crippen LogP contribution >= 0.6 is 0 Å². The van der Waals surface area contributed by atoms with Crippen molar-refractivity contribution in [2.75, 3.05) is 6.61 Å². The Bertz CT molecular complexity index is 179. The van der Waals surface area contributed by atoms with E-state index in [1.165, 1.54) is 0 Å². The van der Waals surface area contributed by atoms with Gasteiger partial charge in [-0.2, -0.15) is 0 Å². The van der Waals surface area contributed by atoms with Crippen molar-refractivity contribution in [3.63, 3.8) is 0 Å². The average Bonchev–Trinajstić information content (AvgIpc) is 2.34. The SMILES string of the molecule is CCOC(C)C1(O)CCCC1=O. The van der Waals surface area contributed by atoms with Crippen LogP contribution in [0.25, 0.3) is 0 Å². The fraction of sp³-hybridized carbons (Fsp3) is 0.889. The van der Waals surface area contributed by atoms with Gasteiger partial charge in [-0.3, -0.25) is 4.79 Å². The Morgan fingerprint density at radius 3 is 2.83 bits per heavy atom. The molecule has 1 aliphatic carbocycles. The highest BCUT2D eigenvalue weighted by atomic mass is 16.5. The summed E-state index contributed by atoms with van der Waals surface area (Å²) in [6, 6.07) is 0. The van der Waals surface area contributed by atoms with E-state index in [0.29, 0.717) is 19.4 Å². The average molecular weight is 172 g/mol. The van der Waals surface area contributed by atoms with Crippen molar-refractivity contribution < 1.29 is 14.6 Å². The fourth-order valence-corrected chi connectivity index (χ4v) is 1.69. The number of Topliss-reactive ketones (excluding diaryl/α,β-unsaturated/α-hetero) is 1. The van der Waals surface area contributed by atoms with E-state index in [1.54, 1.807) is 6.92 Å². The predicted molar refractivity (Wildman–Crippen MR) is 44.9 cm³/mol. The molecule has 2 unspecified atom stereocenters. The molecule has 1 rings (SSSR count). The third kappa shape index (κ3) is 1.52. The summed E-state index contributed by atoms with van der Waals surface area (Å²) in [6.45, 7) is 4.16. The number of rotatable bonds is 3. The first-order valence-electron chi connectivity index (χ1n) is 4.48. The number of hydrogen-bond donors (Lipinski definition) is 1. The van der Waals surface area contributed by atoms with E-state index in [9.17, 15) is 9.90 Å². The van der Waals surface area contributed by atoms with E-state index in [1.807, 2.05) is 6.92 Å². The Hall–Kier alpha value is -0.410. The van der Waals surface area contributed by atoms with Gasteiger partial charge in [0, 0.05) is 13.0 Å². The normalized spacial score (nSPS) is 32.4. The standard InChI is InChI=1S/C9H16O3/c1-3-12-7(2)9(11)6-4-5-8(9)10/h7,11H,3-6H2,1-2H3. The third-order valence-electron chi connectivity index (χ3n) is 2.53. The van der Waals surface area contributed by atoms with Crippen LogP contribution in [0.15, 0.2) is 0 Å². The molecule has 0 saturated heterocycles. The second kappa shape index (κ2) is 3.54. The summed E-state index contributed by atoms with van der Waals surface area (Å²) in [5.41, 5.74) is -1.20. The number of carbonyl (C=O) groups excluding carboxylic acids is 1. The van der Waals surface area contributed by atoms with Crippen molar-refractivity contribution in [1.82, 2.24) is 0 Å². The Morgan fingerprint density at radius 2 is 2.42 bits per heavy atom. The van der Waals surface area contributed by atoms with Crippen LogP contribution in [0.3, 0.4) is 0 Å². The molecule has 12 heavy (non-hydrogen) atoms. The van der Waals surface area contributed by atoms with Crippen molar-refractivity contribution in [2.45, 2.75) is 44.8 Å². The monoisotopic (exact) mass is 172 g/mol. The van der Waals surface area contributed by atoms with Gasteiger partial charge >= 0.3 is 0 Å².